The van der Waals surface area contributed by atoms with Gasteiger partial charge in [-0.1, -0.05) is 36.8 Å². The molecule has 0 N–H and O–H groups in total. The van der Waals surface area contributed by atoms with Crippen molar-refractivity contribution in [2.75, 3.05) is 13.1 Å². The average Bonchev–Trinajstić information content (AvgIpc) is 3.13. The molecule has 0 aliphatic carbocycles. The SMILES string of the molecule is CC[C@@H](C)N(CC(=O)N1CCc2sccc2[C@H]1c1ccc(C)cc1)C(C)=O. The zero-order chi connectivity index (χ0) is 19.6. The van der Waals surface area contributed by atoms with Crippen LogP contribution in [-0.4, -0.2) is 40.7 Å². The fourth-order valence-electron chi connectivity index (χ4n) is 3.73. The summed E-state index contributed by atoms with van der Waals surface area (Å²) >= 11 is 1.77. The van der Waals surface area contributed by atoms with Crippen molar-refractivity contribution < 1.29 is 9.59 Å². The third-order valence-electron chi connectivity index (χ3n) is 5.51. The highest BCUT2D eigenvalue weighted by molar-refractivity contribution is 7.10. The van der Waals surface area contributed by atoms with Crippen molar-refractivity contribution in [2.24, 2.45) is 0 Å². The highest BCUT2D eigenvalue weighted by Crippen LogP contribution is 2.38. The third-order valence-corrected chi connectivity index (χ3v) is 6.51. The smallest absolute Gasteiger partial charge is 0.243 e. The Morgan fingerprint density at radius 3 is 2.59 bits per heavy atom. The first-order valence-electron chi connectivity index (χ1n) is 9.61. The molecular weight excluding hydrogens is 356 g/mol. The monoisotopic (exact) mass is 384 g/mol. The topological polar surface area (TPSA) is 40.6 Å². The van der Waals surface area contributed by atoms with E-state index in [1.54, 1.807) is 23.2 Å². The molecule has 0 fully saturated rings. The van der Waals surface area contributed by atoms with Crippen molar-refractivity contribution in [2.45, 2.75) is 52.6 Å². The molecule has 0 spiro atoms. The van der Waals surface area contributed by atoms with E-state index in [0.717, 1.165) is 18.4 Å². The number of nitrogens with zero attached hydrogens (tertiary/aromatic N) is 2. The Balaban J connectivity index is 1.91. The van der Waals surface area contributed by atoms with Crippen LogP contribution in [0, 0.1) is 6.92 Å². The van der Waals surface area contributed by atoms with Gasteiger partial charge in [0.25, 0.3) is 0 Å². The van der Waals surface area contributed by atoms with Crippen LogP contribution in [0.3, 0.4) is 0 Å². The number of benzene rings is 1. The van der Waals surface area contributed by atoms with Gasteiger partial charge in [-0.25, -0.2) is 0 Å². The number of carbonyl (C=O) groups excluding carboxylic acids is 2. The van der Waals surface area contributed by atoms with Crippen LogP contribution in [0.4, 0.5) is 0 Å². The summed E-state index contributed by atoms with van der Waals surface area (Å²) in [7, 11) is 0. The lowest BCUT2D eigenvalue weighted by Crippen LogP contribution is -2.48. The number of aryl methyl sites for hydroxylation is 1. The normalized spacial score (nSPS) is 17.3. The summed E-state index contributed by atoms with van der Waals surface area (Å²) in [6.45, 7) is 8.49. The summed E-state index contributed by atoms with van der Waals surface area (Å²) in [5.74, 6) is -0.0225. The molecule has 27 heavy (non-hydrogen) atoms. The Kier molecular flexibility index (Phi) is 6.00. The van der Waals surface area contributed by atoms with E-state index in [0.29, 0.717) is 6.54 Å². The van der Waals surface area contributed by atoms with Gasteiger partial charge in [-0.15, -0.1) is 11.3 Å². The van der Waals surface area contributed by atoms with E-state index in [1.807, 2.05) is 18.7 Å². The number of hydrogen-bond acceptors (Lipinski definition) is 3. The lowest BCUT2D eigenvalue weighted by molar-refractivity contribution is -0.142. The van der Waals surface area contributed by atoms with Crippen LogP contribution < -0.4 is 0 Å². The fraction of sp³-hybridized carbons (Fsp3) is 0.455. The Bertz CT molecular complexity index is 812. The molecule has 0 unspecified atom stereocenters. The molecule has 2 heterocycles. The molecule has 1 aromatic heterocycles. The van der Waals surface area contributed by atoms with Crippen molar-refractivity contribution >= 4 is 23.2 Å². The minimum Gasteiger partial charge on any atom is -0.331 e. The molecule has 5 heteroatoms. The van der Waals surface area contributed by atoms with Crippen molar-refractivity contribution in [1.29, 1.82) is 0 Å². The molecule has 1 aliphatic heterocycles. The highest BCUT2D eigenvalue weighted by atomic mass is 32.1. The molecule has 3 rings (SSSR count). The van der Waals surface area contributed by atoms with E-state index in [-0.39, 0.29) is 30.4 Å². The summed E-state index contributed by atoms with van der Waals surface area (Å²) in [5, 5.41) is 2.11. The summed E-state index contributed by atoms with van der Waals surface area (Å²) in [6, 6.07) is 10.6. The highest BCUT2D eigenvalue weighted by Gasteiger charge is 2.34. The van der Waals surface area contributed by atoms with Crippen LogP contribution in [0.1, 0.15) is 54.8 Å². The largest absolute Gasteiger partial charge is 0.331 e. The van der Waals surface area contributed by atoms with Crippen LogP contribution in [-0.2, 0) is 16.0 Å². The first-order chi connectivity index (χ1) is 12.9. The minimum absolute atomic E-state index is 0.0212. The lowest BCUT2D eigenvalue weighted by atomic mass is 9.92. The second-order valence-electron chi connectivity index (χ2n) is 7.35. The number of fused-ring (bicyclic) bond motifs is 1. The molecule has 2 amide bonds. The summed E-state index contributed by atoms with van der Waals surface area (Å²) in [6.07, 6.45) is 1.72. The van der Waals surface area contributed by atoms with Gasteiger partial charge in [0.15, 0.2) is 0 Å². The molecule has 2 atom stereocenters. The maximum Gasteiger partial charge on any atom is 0.243 e. The molecule has 144 valence electrons. The van der Waals surface area contributed by atoms with E-state index in [1.165, 1.54) is 16.0 Å². The quantitative estimate of drug-likeness (QED) is 0.776. The standard InChI is InChI=1S/C22H28N2O2S/c1-5-16(3)24(17(4)25)14-21(26)23-12-10-20-19(11-13-27-20)22(23)18-8-6-15(2)7-9-18/h6-9,11,13,16,22H,5,10,12,14H2,1-4H3/t16-,22-/m1/s1. The van der Waals surface area contributed by atoms with Gasteiger partial charge >= 0.3 is 0 Å². The van der Waals surface area contributed by atoms with Crippen LogP contribution >= 0.6 is 11.3 Å². The Morgan fingerprint density at radius 1 is 1.26 bits per heavy atom. The average molecular weight is 385 g/mol. The van der Waals surface area contributed by atoms with Crippen molar-refractivity contribution in [3.63, 3.8) is 0 Å². The van der Waals surface area contributed by atoms with Gasteiger partial charge in [0.1, 0.15) is 6.54 Å². The third kappa shape index (κ3) is 4.08. The van der Waals surface area contributed by atoms with E-state index in [4.69, 9.17) is 0 Å². The molecular formula is C22H28N2O2S. The Labute approximate surface area is 165 Å². The summed E-state index contributed by atoms with van der Waals surface area (Å²) < 4.78 is 0. The van der Waals surface area contributed by atoms with Crippen LogP contribution in [0.5, 0.6) is 0 Å². The first-order valence-corrected chi connectivity index (χ1v) is 10.5. The second-order valence-corrected chi connectivity index (χ2v) is 8.35. The minimum atomic E-state index is -0.0705. The van der Waals surface area contributed by atoms with Gasteiger partial charge in [-0.3, -0.25) is 9.59 Å². The van der Waals surface area contributed by atoms with E-state index in [9.17, 15) is 9.59 Å². The molecule has 2 aromatic rings. The molecule has 0 saturated heterocycles. The number of rotatable bonds is 5. The molecule has 0 saturated carbocycles. The molecule has 1 aromatic carbocycles. The summed E-state index contributed by atoms with van der Waals surface area (Å²) in [4.78, 5) is 30.3. The first kappa shape index (κ1) is 19.6. The molecule has 1 aliphatic rings. The van der Waals surface area contributed by atoms with Crippen molar-refractivity contribution in [3.8, 4) is 0 Å². The van der Waals surface area contributed by atoms with Gasteiger partial charge in [-0.2, -0.15) is 0 Å². The molecule has 0 radical (unpaired) electrons. The maximum atomic E-state index is 13.3. The van der Waals surface area contributed by atoms with Gasteiger partial charge in [0.05, 0.1) is 6.04 Å². The number of amides is 2. The van der Waals surface area contributed by atoms with Gasteiger partial charge in [-0.05, 0) is 49.3 Å². The van der Waals surface area contributed by atoms with Gasteiger partial charge < -0.3 is 9.80 Å². The van der Waals surface area contributed by atoms with Gasteiger partial charge in [0.2, 0.25) is 11.8 Å². The van der Waals surface area contributed by atoms with Gasteiger partial charge in [0, 0.05) is 24.4 Å². The zero-order valence-electron chi connectivity index (χ0n) is 16.6. The summed E-state index contributed by atoms with van der Waals surface area (Å²) in [5.41, 5.74) is 3.56. The van der Waals surface area contributed by atoms with Crippen LogP contribution in [0.15, 0.2) is 35.7 Å². The number of hydrogen-bond donors (Lipinski definition) is 0. The Morgan fingerprint density at radius 2 is 1.96 bits per heavy atom. The molecule has 4 nitrogen and oxygen atoms in total. The van der Waals surface area contributed by atoms with E-state index >= 15 is 0 Å². The lowest BCUT2D eigenvalue weighted by Gasteiger charge is -2.38. The maximum absolute atomic E-state index is 13.3. The van der Waals surface area contributed by atoms with Crippen molar-refractivity contribution in [1.82, 2.24) is 9.80 Å². The van der Waals surface area contributed by atoms with Crippen molar-refractivity contribution in [3.05, 3.63) is 57.3 Å². The number of thiophene rings is 1. The predicted molar refractivity (Wildman–Crippen MR) is 110 cm³/mol. The van der Waals surface area contributed by atoms with Crippen LogP contribution in [0.25, 0.3) is 0 Å². The fourth-order valence-corrected chi connectivity index (χ4v) is 4.63. The second kappa shape index (κ2) is 8.26. The van der Waals surface area contributed by atoms with Crippen LogP contribution in [0.2, 0.25) is 0 Å². The number of carbonyl (C=O) groups is 2. The molecule has 0 bridgehead atoms. The van der Waals surface area contributed by atoms with E-state index < -0.39 is 0 Å². The zero-order valence-corrected chi connectivity index (χ0v) is 17.4. The Hall–Kier alpha value is -2.14. The predicted octanol–water partition coefficient (Wildman–Crippen LogP) is 4.18. The van der Waals surface area contributed by atoms with E-state index in [2.05, 4.69) is 42.6 Å².